The first kappa shape index (κ1) is 10.7. The lowest BCUT2D eigenvalue weighted by Gasteiger charge is -1.93. The molecule has 0 fully saturated rings. The third-order valence-corrected chi connectivity index (χ3v) is 3.05. The Morgan fingerprint density at radius 3 is 2.83 bits per heavy atom. The van der Waals surface area contributed by atoms with Crippen LogP contribution in [0, 0.1) is 6.92 Å². The highest BCUT2D eigenvalue weighted by atomic mass is 16.3. The fourth-order valence-corrected chi connectivity index (χ4v) is 2.15. The van der Waals surface area contributed by atoms with E-state index >= 15 is 0 Å². The van der Waals surface area contributed by atoms with Gasteiger partial charge in [0.2, 0.25) is 0 Å². The molecule has 0 aliphatic rings. The maximum absolute atomic E-state index is 11.2. The van der Waals surface area contributed by atoms with Crippen LogP contribution in [0.25, 0.3) is 22.2 Å². The van der Waals surface area contributed by atoms with E-state index in [0.717, 1.165) is 27.9 Å². The smallest absolute Gasteiger partial charge is 0.250 e. The Morgan fingerprint density at radius 1 is 1.33 bits per heavy atom. The summed E-state index contributed by atoms with van der Waals surface area (Å²) in [6.45, 7) is 1.83. The summed E-state index contributed by atoms with van der Waals surface area (Å²) in [5.41, 5.74) is 9.18. The number of hydrogen-bond acceptors (Lipinski definition) is 2. The molecule has 3 rings (SSSR count). The minimum Gasteiger partial charge on any atom is -0.464 e. The van der Waals surface area contributed by atoms with Gasteiger partial charge in [0.1, 0.15) is 11.8 Å². The van der Waals surface area contributed by atoms with Crippen LogP contribution in [0.3, 0.4) is 0 Å². The monoisotopic (exact) mass is 240 g/mol. The first-order chi connectivity index (χ1) is 8.66. The van der Waals surface area contributed by atoms with Gasteiger partial charge in [0.05, 0.1) is 11.3 Å². The number of nitrogens with one attached hydrogen (secondary N) is 1. The average Bonchev–Trinajstić information content (AvgIpc) is 2.92. The standard InChI is InChI=1S/C14H12N2O2/c1-8-10(14(15)17)6-12(16-8)11-7-18-13-5-3-2-4-9(11)13/h2-7,16H,1H3,(H2,15,17). The van der Waals surface area contributed by atoms with Crippen LogP contribution >= 0.6 is 0 Å². The third kappa shape index (κ3) is 1.50. The van der Waals surface area contributed by atoms with Crippen LogP contribution in [-0.4, -0.2) is 10.9 Å². The summed E-state index contributed by atoms with van der Waals surface area (Å²) in [5, 5.41) is 1.01. The third-order valence-electron chi connectivity index (χ3n) is 3.05. The number of hydrogen-bond donors (Lipinski definition) is 2. The van der Waals surface area contributed by atoms with Gasteiger partial charge in [-0.1, -0.05) is 18.2 Å². The van der Waals surface area contributed by atoms with E-state index in [0.29, 0.717) is 5.56 Å². The molecular formula is C14H12N2O2. The Labute approximate surface area is 103 Å². The van der Waals surface area contributed by atoms with Crippen LogP contribution in [0.1, 0.15) is 16.1 Å². The van der Waals surface area contributed by atoms with Crippen molar-refractivity contribution in [1.29, 1.82) is 0 Å². The summed E-state index contributed by atoms with van der Waals surface area (Å²) in [6, 6.07) is 9.52. The number of aromatic amines is 1. The van der Waals surface area contributed by atoms with Gasteiger partial charge < -0.3 is 15.1 Å². The van der Waals surface area contributed by atoms with Crippen LogP contribution in [0.5, 0.6) is 0 Å². The molecule has 0 radical (unpaired) electrons. The van der Waals surface area contributed by atoms with Crippen LogP contribution < -0.4 is 5.73 Å². The number of benzene rings is 1. The molecule has 3 aromatic rings. The molecule has 3 N–H and O–H groups in total. The number of rotatable bonds is 2. The molecule has 0 aliphatic carbocycles. The van der Waals surface area contributed by atoms with Crippen molar-refractivity contribution in [3.8, 4) is 11.3 Å². The highest BCUT2D eigenvalue weighted by molar-refractivity contribution is 5.98. The van der Waals surface area contributed by atoms with Gasteiger partial charge in [0.25, 0.3) is 5.91 Å². The van der Waals surface area contributed by atoms with E-state index in [4.69, 9.17) is 10.2 Å². The Balaban J connectivity index is 2.20. The summed E-state index contributed by atoms with van der Waals surface area (Å²) in [6.07, 6.45) is 1.68. The number of amides is 1. The average molecular weight is 240 g/mol. The van der Waals surface area contributed by atoms with E-state index in [-0.39, 0.29) is 0 Å². The van der Waals surface area contributed by atoms with Gasteiger partial charge in [-0.2, -0.15) is 0 Å². The molecule has 2 aromatic heterocycles. The Morgan fingerprint density at radius 2 is 2.11 bits per heavy atom. The quantitative estimate of drug-likeness (QED) is 0.722. The van der Waals surface area contributed by atoms with Crippen molar-refractivity contribution < 1.29 is 9.21 Å². The number of nitrogens with two attached hydrogens (primary N) is 1. The molecule has 4 heteroatoms. The van der Waals surface area contributed by atoms with Crippen LogP contribution in [0.2, 0.25) is 0 Å². The first-order valence-electron chi connectivity index (χ1n) is 5.63. The molecule has 0 aliphatic heterocycles. The molecule has 2 heterocycles. The van der Waals surface area contributed by atoms with Gasteiger partial charge in [-0.15, -0.1) is 0 Å². The minimum atomic E-state index is -0.428. The van der Waals surface area contributed by atoms with E-state index in [2.05, 4.69) is 4.98 Å². The Bertz CT molecular complexity index is 737. The predicted octanol–water partition coefficient (Wildman–Crippen LogP) is 2.84. The highest BCUT2D eigenvalue weighted by Gasteiger charge is 2.14. The van der Waals surface area contributed by atoms with Crippen LogP contribution in [-0.2, 0) is 0 Å². The number of aryl methyl sites for hydroxylation is 1. The van der Waals surface area contributed by atoms with Crippen LogP contribution in [0.15, 0.2) is 41.0 Å². The van der Waals surface area contributed by atoms with E-state index in [1.165, 1.54) is 0 Å². The molecule has 0 saturated carbocycles. The second-order valence-electron chi connectivity index (χ2n) is 4.23. The lowest BCUT2D eigenvalue weighted by atomic mass is 10.1. The summed E-state index contributed by atoms with van der Waals surface area (Å²) in [5.74, 6) is -0.428. The maximum atomic E-state index is 11.2. The molecule has 0 unspecified atom stereocenters. The van der Waals surface area contributed by atoms with Gasteiger partial charge in [-0.25, -0.2) is 0 Å². The summed E-state index contributed by atoms with van der Waals surface area (Å²) >= 11 is 0. The molecule has 1 amide bonds. The van der Waals surface area contributed by atoms with Gasteiger partial charge in [-0.05, 0) is 19.1 Å². The molecule has 4 nitrogen and oxygen atoms in total. The zero-order valence-corrected chi connectivity index (χ0v) is 9.86. The lowest BCUT2D eigenvalue weighted by Crippen LogP contribution is -2.10. The van der Waals surface area contributed by atoms with Gasteiger partial charge in [0, 0.05) is 16.6 Å². The van der Waals surface area contributed by atoms with Gasteiger partial charge in [-0.3, -0.25) is 4.79 Å². The fourth-order valence-electron chi connectivity index (χ4n) is 2.15. The SMILES string of the molecule is Cc1[nH]c(-c2coc3ccccc23)cc1C(N)=O. The molecule has 0 saturated heterocycles. The van der Waals surface area contributed by atoms with E-state index in [9.17, 15) is 4.79 Å². The maximum Gasteiger partial charge on any atom is 0.250 e. The topological polar surface area (TPSA) is 72.0 Å². The number of fused-ring (bicyclic) bond motifs is 1. The Hall–Kier alpha value is -2.49. The van der Waals surface area contributed by atoms with Crippen molar-refractivity contribution >= 4 is 16.9 Å². The van der Waals surface area contributed by atoms with Gasteiger partial charge >= 0.3 is 0 Å². The normalized spacial score (nSPS) is 10.9. The summed E-state index contributed by atoms with van der Waals surface area (Å²) in [4.78, 5) is 14.4. The molecule has 18 heavy (non-hydrogen) atoms. The second-order valence-corrected chi connectivity index (χ2v) is 4.23. The molecule has 1 aromatic carbocycles. The van der Waals surface area contributed by atoms with Crippen molar-refractivity contribution in [2.75, 3.05) is 0 Å². The van der Waals surface area contributed by atoms with E-state index in [1.54, 1.807) is 12.3 Å². The van der Waals surface area contributed by atoms with Crippen molar-refractivity contribution in [1.82, 2.24) is 4.98 Å². The van der Waals surface area contributed by atoms with Crippen molar-refractivity contribution in [2.24, 2.45) is 5.73 Å². The number of primary amides is 1. The number of H-pyrrole nitrogens is 1. The minimum absolute atomic E-state index is 0.428. The first-order valence-corrected chi connectivity index (χ1v) is 5.63. The highest BCUT2D eigenvalue weighted by Crippen LogP contribution is 2.30. The second kappa shape index (κ2) is 3.77. The van der Waals surface area contributed by atoms with Crippen molar-refractivity contribution in [3.63, 3.8) is 0 Å². The number of aromatic nitrogens is 1. The molecule has 90 valence electrons. The number of carbonyl (C=O) groups excluding carboxylic acids is 1. The zero-order chi connectivity index (χ0) is 12.7. The lowest BCUT2D eigenvalue weighted by molar-refractivity contribution is 0.1000. The summed E-state index contributed by atoms with van der Waals surface area (Å²) in [7, 11) is 0. The number of furan rings is 1. The van der Waals surface area contributed by atoms with Crippen molar-refractivity contribution in [3.05, 3.63) is 47.9 Å². The van der Waals surface area contributed by atoms with E-state index < -0.39 is 5.91 Å². The van der Waals surface area contributed by atoms with Crippen LogP contribution in [0.4, 0.5) is 0 Å². The fraction of sp³-hybridized carbons (Fsp3) is 0.0714. The molecule has 0 spiro atoms. The van der Waals surface area contributed by atoms with Gasteiger partial charge in [0.15, 0.2) is 0 Å². The van der Waals surface area contributed by atoms with E-state index in [1.807, 2.05) is 31.2 Å². The molecule has 0 atom stereocenters. The Kier molecular flexibility index (Phi) is 2.23. The summed E-state index contributed by atoms with van der Waals surface area (Å²) < 4.78 is 5.48. The molecular weight excluding hydrogens is 228 g/mol. The number of para-hydroxylation sites is 1. The van der Waals surface area contributed by atoms with Crippen molar-refractivity contribution in [2.45, 2.75) is 6.92 Å². The predicted molar refractivity (Wildman–Crippen MR) is 69.3 cm³/mol. The number of carbonyl (C=O) groups is 1. The zero-order valence-electron chi connectivity index (χ0n) is 9.86. The largest absolute Gasteiger partial charge is 0.464 e. The molecule has 0 bridgehead atoms.